The van der Waals surface area contributed by atoms with E-state index in [1.165, 1.54) is 0 Å². The largest absolute Gasteiger partial charge is 0.465 e. The van der Waals surface area contributed by atoms with Gasteiger partial charge in [-0.15, -0.1) is 0 Å². The molecule has 1 saturated heterocycles. The number of carbonyl (C=O) groups is 1. The summed E-state index contributed by atoms with van der Waals surface area (Å²) in [6, 6.07) is 0. The average Bonchev–Trinajstić information content (AvgIpc) is 2.21. The van der Waals surface area contributed by atoms with E-state index >= 15 is 0 Å². The summed E-state index contributed by atoms with van der Waals surface area (Å²) in [5, 5.41) is 0. The smallest absolute Gasteiger partial charge is 0.320 e. The van der Waals surface area contributed by atoms with Crippen molar-refractivity contribution in [3.05, 3.63) is 0 Å². The number of hydrogen-bond donors (Lipinski definition) is 0. The molecule has 0 saturated carbocycles. The van der Waals surface area contributed by atoms with Gasteiger partial charge in [-0.2, -0.15) is 0 Å². The second-order valence-electron chi connectivity index (χ2n) is 4.08. The Kier molecular flexibility index (Phi) is 5.05. The second-order valence-corrected chi connectivity index (χ2v) is 4.08. The lowest BCUT2D eigenvalue weighted by molar-refractivity contribution is -0.145. The van der Waals surface area contributed by atoms with E-state index < -0.39 is 0 Å². The van der Waals surface area contributed by atoms with Crippen molar-refractivity contribution in [1.29, 1.82) is 0 Å². The fourth-order valence-electron chi connectivity index (χ4n) is 1.94. The molecule has 1 aliphatic rings. The van der Waals surface area contributed by atoms with Gasteiger partial charge in [0, 0.05) is 13.7 Å². The van der Waals surface area contributed by atoms with Crippen molar-refractivity contribution < 1.29 is 14.3 Å². The van der Waals surface area contributed by atoms with E-state index in [0.717, 1.165) is 19.5 Å². The van der Waals surface area contributed by atoms with Gasteiger partial charge in [-0.3, -0.25) is 9.69 Å². The molecule has 0 aromatic carbocycles. The number of piperidine rings is 1. The van der Waals surface area contributed by atoms with Gasteiger partial charge in [0.25, 0.3) is 0 Å². The monoisotopic (exact) mass is 215 g/mol. The topological polar surface area (TPSA) is 38.8 Å². The third kappa shape index (κ3) is 3.80. The van der Waals surface area contributed by atoms with Gasteiger partial charge in [-0.1, -0.05) is 6.92 Å². The molecule has 0 spiro atoms. The molecule has 0 bridgehead atoms. The first-order valence-corrected chi connectivity index (χ1v) is 5.58. The molecule has 0 radical (unpaired) electrons. The van der Waals surface area contributed by atoms with E-state index in [9.17, 15) is 4.79 Å². The molecule has 15 heavy (non-hydrogen) atoms. The molecule has 2 unspecified atom stereocenters. The molecular formula is C11H21NO3. The van der Waals surface area contributed by atoms with Gasteiger partial charge in [-0.05, 0) is 25.8 Å². The summed E-state index contributed by atoms with van der Waals surface area (Å²) in [6.07, 6.45) is 1.32. The molecule has 0 aromatic rings. The third-order valence-corrected chi connectivity index (χ3v) is 2.93. The standard InChI is InChI=1S/C11H21NO3/c1-4-15-11(13)8-12-6-5-9(2)10(7-12)14-3/h9-10H,4-8H2,1-3H3. The van der Waals surface area contributed by atoms with E-state index in [-0.39, 0.29) is 12.1 Å². The molecular weight excluding hydrogens is 194 g/mol. The number of carbonyl (C=O) groups excluding carboxylic acids is 1. The van der Waals surface area contributed by atoms with E-state index in [2.05, 4.69) is 11.8 Å². The summed E-state index contributed by atoms with van der Waals surface area (Å²) in [7, 11) is 1.73. The van der Waals surface area contributed by atoms with Crippen molar-refractivity contribution in [3.8, 4) is 0 Å². The molecule has 2 atom stereocenters. The zero-order valence-corrected chi connectivity index (χ0v) is 9.86. The van der Waals surface area contributed by atoms with Gasteiger partial charge in [0.05, 0.1) is 19.3 Å². The summed E-state index contributed by atoms with van der Waals surface area (Å²) in [4.78, 5) is 13.4. The van der Waals surface area contributed by atoms with Crippen LogP contribution in [0.15, 0.2) is 0 Å². The Labute approximate surface area is 91.5 Å². The lowest BCUT2D eigenvalue weighted by atomic mass is 9.96. The molecule has 88 valence electrons. The number of esters is 1. The maximum Gasteiger partial charge on any atom is 0.320 e. The highest BCUT2D eigenvalue weighted by molar-refractivity contribution is 5.71. The van der Waals surface area contributed by atoms with Gasteiger partial charge in [0.15, 0.2) is 0 Å². The fraction of sp³-hybridized carbons (Fsp3) is 0.909. The van der Waals surface area contributed by atoms with Crippen LogP contribution < -0.4 is 0 Å². The fourth-order valence-corrected chi connectivity index (χ4v) is 1.94. The summed E-state index contributed by atoms with van der Waals surface area (Å²) >= 11 is 0. The first-order valence-electron chi connectivity index (χ1n) is 5.58. The predicted molar refractivity (Wildman–Crippen MR) is 57.7 cm³/mol. The molecule has 1 fully saturated rings. The Hall–Kier alpha value is -0.610. The van der Waals surface area contributed by atoms with Crippen LogP contribution in [0.3, 0.4) is 0 Å². The third-order valence-electron chi connectivity index (χ3n) is 2.93. The summed E-state index contributed by atoms with van der Waals surface area (Å²) < 4.78 is 10.3. The van der Waals surface area contributed by atoms with E-state index in [0.29, 0.717) is 19.1 Å². The molecule has 1 heterocycles. The minimum absolute atomic E-state index is 0.137. The quantitative estimate of drug-likeness (QED) is 0.653. The van der Waals surface area contributed by atoms with E-state index in [1.807, 2.05) is 6.92 Å². The van der Waals surface area contributed by atoms with Gasteiger partial charge >= 0.3 is 5.97 Å². The molecule has 0 aliphatic carbocycles. The maximum atomic E-state index is 11.3. The molecule has 0 aromatic heterocycles. The Morgan fingerprint density at radius 3 is 2.87 bits per heavy atom. The predicted octanol–water partition coefficient (Wildman–Crippen LogP) is 0.906. The first-order chi connectivity index (χ1) is 7.17. The van der Waals surface area contributed by atoms with Crippen molar-refractivity contribution in [2.75, 3.05) is 33.4 Å². The molecule has 4 heteroatoms. The van der Waals surface area contributed by atoms with Crippen molar-refractivity contribution in [2.24, 2.45) is 5.92 Å². The molecule has 4 nitrogen and oxygen atoms in total. The summed E-state index contributed by atoms with van der Waals surface area (Å²) in [5.74, 6) is 0.440. The van der Waals surface area contributed by atoms with Crippen LogP contribution in [0.1, 0.15) is 20.3 Å². The van der Waals surface area contributed by atoms with E-state index in [4.69, 9.17) is 9.47 Å². The Bertz CT molecular complexity index is 208. The Balaban J connectivity index is 2.34. The number of ether oxygens (including phenoxy) is 2. The van der Waals surface area contributed by atoms with Crippen molar-refractivity contribution >= 4 is 5.97 Å². The summed E-state index contributed by atoms with van der Waals surface area (Å²) in [5.41, 5.74) is 0. The highest BCUT2D eigenvalue weighted by atomic mass is 16.5. The lowest BCUT2D eigenvalue weighted by Crippen LogP contribution is -2.46. The molecule has 0 amide bonds. The zero-order chi connectivity index (χ0) is 11.3. The van der Waals surface area contributed by atoms with Crippen LogP contribution in [-0.4, -0.2) is 50.3 Å². The minimum atomic E-state index is -0.137. The zero-order valence-electron chi connectivity index (χ0n) is 9.86. The van der Waals surface area contributed by atoms with Crippen LogP contribution in [0.5, 0.6) is 0 Å². The van der Waals surface area contributed by atoms with Gasteiger partial charge in [-0.25, -0.2) is 0 Å². The Morgan fingerprint density at radius 1 is 1.53 bits per heavy atom. The highest BCUT2D eigenvalue weighted by Gasteiger charge is 2.27. The first kappa shape index (κ1) is 12.5. The van der Waals surface area contributed by atoms with Crippen molar-refractivity contribution in [2.45, 2.75) is 26.4 Å². The number of rotatable bonds is 4. The Morgan fingerprint density at radius 2 is 2.27 bits per heavy atom. The number of hydrogen-bond acceptors (Lipinski definition) is 4. The van der Waals surface area contributed by atoms with Crippen LogP contribution in [0, 0.1) is 5.92 Å². The minimum Gasteiger partial charge on any atom is -0.465 e. The van der Waals surface area contributed by atoms with Gasteiger partial charge in [0.2, 0.25) is 0 Å². The normalized spacial score (nSPS) is 27.7. The molecule has 1 rings (SSSR count). The second kappa shape index (κ2) is 6.08. The number of methoxy groups -OCH3 is 1. The van der Waals surface area contributed by atoms with Gasteiger partial charge in [0.1, 0.15) is 0 Å². The maximum absolute atomic E-state index is 11.3. The number of nitrogens with zero attached hydrogens (tertiary/aromatic N) is 1. The van der Waals surface area contributed by atoms with Crippen molar-refractivity contribution in [3.63, 3.8) is 0 Å². The molecule has 1 aliphatic heterocycles. The summed E-state index contributed by atoms with van der Waals surface area (Å²) in [6.45, 7) is 6.65. The number of likely N-dealkylation sites (tertiary alicyclic amines) is 1. The van der Waals surface area contributed by atoms with Crippen LogP contribution in [-0.2, 0) is 14.3 Å². The highest BCUT2D eigenvalue weighted by Crippen LogP contribution is 2.18. The lowest BCUT2D eigenvalue weighted by Gasteiger charge is -2.35. The SMILES string of the molecule is CCOC(=O)CN1CCC(C)C(OC)C1. The van der Waals surface area contributed by atoms with Crippen LogP contribution >= 0.6 is 0 Å². The van der Waals surface area contributed by atoms with Crippen molar-refractivity contribution in [1.82, 2.24) is 4.90 Å². The van der Waals surface area contributed by atoms with Crippen LogP contribution in [0.25, 0.3) is 0 Å². The van der Waals surface area contributed by atoms with Gasteiger partial charge < -0.3 is 9.47 Å². The average molecular weight is 215 g/mol. The van der Waals surface area contributed by atoms with Crippen LogP contribution in [0.4, 0.5) is 0 Å². The van der Waals surface area contributed by atoms with Crippen LogP contribution in [0.2, 0.25) is 0 Å². The van der Waals surface area contributed by atoms with E-state index in [1.54, 1.807) is 7.11 Å². The molecule has 0 N–H and O–H groups in total.